The van der Waals surface area contributed by atoms with Crippen LogP contribution in [-0.4, -0.2) is 27.1 Å². The van der Waals surface area contributed by atoms with Crippen molar-refractivity contribution in [3.63, 3.8) is 0 Å². The fraction of sp³-hybridized carbons (Fsp3) is 0.235. The number of hydrogen-bond acceptors (Lipinski definition) is 4. The van der Waals surface area contributed by atoms with E-state index in [1.165, 1.54) is 32.0 Å². The summed E-state index contributed by atoms with van der Waals surface area (Å²) in [7, 11) is 1.21. The molecular weight excluding hydrogens is 332 g/mol. The van der Waals surface area contributed by atoms with E-state index < -0.39 is 23.0 Å². The third-order valence-electron chi connectivity index (χ3n) is 4.28. The summed E-state index contributed by atoms with van der Waals surface area (Å²) in [6, 6.07) is 0.829. The van der Waals surface area contributed by atoms with E-state index >= 15 is 0 Å². The molecule has 8 heteroatoms. The SMILES string of the molecule is COc1c(F)c(F)cc2c(=O)c(C(=O)n3ccnc3)cn(C3CC3)c12. The number of rotatable bonds is 3. The normalized spacial score (nSPS) is 14.0. The van der Waals surface area contributed by atoms with Gasteiger partial charge in [0.25, 0.3) is 5.91 Å². The van der Waals surface area contributed by atoms with E-state index in [2.05, 4.69) is 4.98 Å². The van der Waals surface area contributed by atoms with Gasteiger partial charge in [-0.25, -0.2) is 9.37 Å². The van der Waals surface area contributed by atoms with Gasteiger partial charge < -0.3 is 9.30 Å². The van der Waals surface area contributed by atoms with Gasteiger partial charge in [-0.05, 0) is 18.9 Å². The minimum Gasteiger partial charge on any atom is -0.491 e. The highest BCUT2D eigenvalue weighted by atomic mass is 19.2. The number of carbonyl (C=O) groups excluding carboxylic acids is 1. The number of nitrogens with zero attached hydrogens (tertiary/aromatic N) is 3. The molecule has 0 aliphatic heterocycles. The van der Waals surface area contributed by atoms with Crippen LogP contribution >= 0.6 is 0 Å². The van der Waals surface area contributed by atoms with Crippen molar-refractivity contribution in [3.8, 4) is 5.75 Å². The molecule has 1 aliphatic rings. The van der Waals surface area contributed by atoms with E-state index in [1.54, 1.807) is 4.57 Å². The summed E-state index contributed by atoms with van der Waals surface area (Å²) in [5.41, 5.74) is -0.649. The van der Waals surface area contributed by atoms with Gasteiger partial charge in [0.05, 0.1) is 18.0 Å². The molecule has 6 nitrogen and oxygen atoms in total. The lowest BCUT2D eigenvalue weighted by atomic mass is 10.1. The molecule has 1 saturated carbocycles. The molecule has 1 fully saturated rings. The summed E-state index contributed by atoms with van der Waals surface area (Å²) >= 11 is 0. The van der Waals surface area contributed by atoms with Gasteiger partial charge in [-0.15, -0.1) is 0 Å². The highest BCUT2D eigenvalue weighted by Crippen LogP contribution is 2.40. The smallest absolute Gasteiger partial charge is 0.268 e. The van der Waals surface area contributed by atoms with Crippen LogP contribution in [0.3, 0.4) is 0 Å². The Morgan fingerprint density at radius 3 is 2.72 bits per heavy atom. The van der Waals surface area contributed by atoms with Gasteiger partial charge in [0.2, 0.25) is 11.2 Å². The maximum Gasteiger partial charge on any atom is 0.268 e. The highest BCUT2D eigenvalue weighted by Gasteiger charge is 2.30. The zero-order valence-electron chi connectivity index (χ0n) is 13.2. The molecular formula is C17H13F2N3O3. The lowest BCUT2D eigenvalue weighted by Crippen LogP contribution is -2.23. The third kappa shape index (κ3) is 2.33. The van der Waals surface area contributed by atoms with Gasteiger partial charge in [-0.1, -0.05) is 0 Å². The molecule has 0 bridgehead atoms. The summed E-state index contributed by atoms with van der Waals surface area (Å²) in [5, 5.41) is -0.0892. The van der Waals surface area contributed by atoms with E-state index in [-0.39, 0.29) is 28.3 Å². The first kappa shape index (κ1) is 15.5. The van der Waals surface area contributed by atoms with Crippen molar-refractivity contribution in [1.29, 1.82) is 0 Å². The Kier molecular flexibility index (Phi) is 3.41. The summed E-state index contributed by atoms with van der Waals surface area (Å²) in [6.45, 7) is 0. The zero-order valence-corrected chi connectivity index (χ0v) is 13.2. The second-order valence-corrected chi connectivity index (χ2v) is 5.89. The zero-order chi connectivity index (χ0) is 17.7. The van der Waals surface area contributed by atoms with E-state index in [1.807, 2.05) is 0 Å². The molecule has 2 aromatic heterocycles. The van der Waals surface area contributed by atoms with Crippen LogP contribution in [0.2, 0.25) is 0 Å². The Morgan fingerprint density at radius 1 is 1.36 bits per heavy atom. The van der Waals surface area contributed by atoms with Crippen LogP contribution in [0.5, 0.6) is 5.75 Å². The molecule has 25 heavy (non-hydrogen) atoms. The van der Waals surface area contributed by atoms with Crippen molar-refractivity contribution in [2.45, 2.75) is 18.9 Å². The van der Waals surface area contributed by atoms with Gasteiger partial charge in [0, 0.05) is 24.6 Å². The number of methoxy groups -OCH3 is 1. The van der Waals surface area contributed by atoms with Crippen LogP contribution < -0.4 is 10.2 Å². The first-order valence-electron chi connectivity index (χ1n) is 7.66. The number of hydrogen-bond donors (Lipinski definition) is 0. The number of ether oxygens (including phenoxy) is 1. The van der Waals surface area contributed by atoms with Crippen molar-refractivity contribution in [2.24, 2.45) is 0 Å². The summed E-state index contributed by atoms with van der Waals surface area (Å²) in [4.78, 5) is 29.2. The Morgan fingerprint density at radius 2 is 2.12 bits per heavy atom. The Balaban J connectivity index is 2.08. The fourth-order valence-electron chi connectivity index (χ4n) is 2.93. The molecule has 0 amide bonds. The average molecular weight is 345 g/mol. The quantitative estimate of drug-likeness (QED) is 0.732. The molecule has 0 radical (unpaired) electrons. The Bertz CT molecular complexity index is 1050. The first-order valence-corrected chi connectivity index (χ1v) is 7.66. The van der Waals surface area contributed by atoms with Crippen LogP contribution in [0.25, 0.3) is 10.9 Å². The van der Waals surface area contributed by atoms with Gasteiger partial charge in [0.1, 0.15) is 11.9 Å². The molecule has 0 unspecified atom stereocenters. The molecule has 1 aromatic carbocycles. The van der Waals surface area contributed by atoms with Crippen molar-refractivity contribution < 1.29 is 18.3 Å². The number of imidazole rings is 1. The van der Waals surface area contributed by atoms with E-state index in [4.69, 9.17) is 4.74 Å². The third-order valence-corrected chi connectivity index (χ3v) is 4.28. The molecule has 3 aromatic rings. The molecule has 4 rings (SSSR count). The second kappa shape index (κ2) is 5.51. The second-order valence-electron chi connectivity index (χ2n) is 5.89. The molecule has 0 atom stereocenters. The van der Waals surface area contributed by atoms with Gasteiger partial charge >= 0.3 is 0 Å². The average Bonchev–Trinajstić information content (AvgIpc) is 3.30. The van der Waals surface area contributed by atoms with E-state index in [0.29, 0.717) is 0 Å². The van der Waals surface area contributed by atoms with E-state index in [9.17, 15) is 18.4 Å². The molecule has 128 valence electrons. The number of carbonyl (C=O) groups is 1. The van der Waals surface area contributed by atoms with E-state index in [0.717, 1.165) is 23.5 Å². The number of benzene rings is 1. The lowest BCUT2D eigenvalue weighted by molar-refractivity contribution is 0.0958. The van der Waals surface area contributed by atoms with Crippen LogP contribution in [-0.2, 0) is 0 Å². The number of pyridine rings is 1. The van der Waals surface area contributed by atoms with Crippen LogP contribution in [0.15, 0.2) is 35.8 Å². The predicted octanol–water partition coefficient (Wildman–Crippen LogP) is 2.51. The maximum atomic E-state index is 14.1. The predicted molar refractivity (Wildman–Crippen MR) is 84.9 cm³/mol. The fourth-order valence-corrected chi connectivity index (χ4v) is 2.93. The number of aromatic nitrogens is 3. The minimum absolute atomic E-state index is 0.0104. The molecule has 0 spiro atoms. The largest absolute Gasteiger partial charge is 0.491 e. The molecule has 1 aliphatic carbocycles. The van der Waals surface area contributed by atoms with Gasteiger partial charge in [-0.2, -0.15) is 4.39 Å². The van der Waals surface area contributed by atoms with Crippen molar-refractivity contribution >= 4 is 16.8 Å². The molecule has 2 heterocycles. The molecule has 0 N–H and O–H groups in total. The Hall–Kier alpha value is -3.03. The number of fused-ring (bicyclic) bond motifs is 1. The molecule has 0 saturated heterocycles. The lowest BCUT2D eigenvalue weighted by Gasteiger charge is -2.16. The summed E-state index contributed by atoms with van der Waals surface area (Å²) < 4.78 is 35.8. The van der Waals surface area contributed by atoms with Gasteiger partial charge in [-0.3, -0.25) is 14.2 Å². The van der Waals surface area contributed by atoms with Gasteiger partial charge in [0.15, 0.2) is 11.6 Å². The topological polar surface area (TPSA) is 66.1 Å². The first-order chi connectivity index (χ1) is 12.0. The van der Waals surface area contributed by atoms with Crippen molar-refractivity contribution in [1.82, 2.24) is 14.1 Å². The Labute approximate surface area is 140 Å². The van der Waals surface area contributed by atoms with Crippen molar-refractivity contribution in [2.75, 3.05) is 7.11 Å². The maximum absolute atomic E-state index is 14.1. The van der Waals surface area contributed by atoms with Crippen LogP contribution in [0, 0.1) is 11.6 Å². The summed E-state index contributed by atoms with van der Waals surface area (Å²) in [6.07, 6.45) is 7.14. The standard InChI is InChI=1S/C17H13F2N3O3/c1-25-16-13(19)12(18)6-10-14(16)22(9-2-3-9)7-11(15(10)23)17(24)21-5-4-20-8-21/h4-9H,2-3H2,1H3. The summed E-state index contributed by atoms with van der Waals surface area (Å²) in [5.74, 6) is -3.27. The van der Waals surface area contributed by atoms with Crippen LogP contribution in [0.1, 0.15) is 29.2 Å². The number of halogens is 2. The monoisotopic (exact) mass is 345 g/mol. The minimum atomic E-state index is -1.20. The van der Waals surface area contributed by atoms with Crippen molar-refractivity contribution in [3.05, 3.63) is 58.4 Å². The van der Waals surface area contributed by atoms with Crippen LogP contribution in [0.4, 0.5) is 8.78 Å². The highest BCUT2D eigenvalue weighted by molar-refractivity contribution is 5.99.